The third kappa shape index (κ3) is 3.81. The van der Waals surface area contributed by atoms with Gasteiger partial charge in [0.25, 0.3) is 5.91 Å². The van der Waals surface area contributed by atoms with E-state index in [0.29, 0.717) is 12.2 Å². The van der Waals surface area contributed by atoms with Gasteiger partial charge in [0.05, 0.1) is 17.2 Å². The number of hydrogen-bond acceptors (Lipinski definition) is 6. The minimum absolute atomic E-state index is 0.114. The van der Waals surface area contributed by atoms with Crippen LogP contribution in [0.4, 0.5) is 0 Å². The van der Waals surface area contributed by atoms with Crippen LogP contribution in [0, 0.1) is 0 Å². The lowest BCUT2D eigenvalue weighted by Gasteiger charge is -2.34. The van der Waals surface area contributed by atoms with Crippen LogP contribution in [-0.2, 0) is 13.1 Å². The number of amides is 1. The van der Waals surface area contributed by atoms with Crippen molar-refractivity contribution >= 4 is 17.2 Å². The summed E-state index contributed by atoms with van der Waals surface area (Å²) in [4.78, 5) is 22.6. The van der Waals surface area contributed by atoms with Crippen LogP contribution in [0.1, 0.15) is 34.2 Å². The molecule has 4 rings (SSSR count). The van der Waals surface area contributed by atoms with Crippen molar-refractivity contribution in [2.24, 2.45) is 0 Å². The summed E-state index contributed by atoms with van der Waals surface area (Å²) in [6, 6.07) is 6.41. The van der Waals surface area contributed by atoms with Gasteiger partial charge in [-0.05, 0) is 30.2 Å². The molecule has 4 heterocycles. The molecule has 26 heavy (non-hydrogen) atoms. The van der Waals surface area contributed by atoms with Gasteiger partial charge >= 0.3 is 0 Å². The molecule has 0 radical (unpaired) electrons. The molecule has 1 amide bonds. The molecule has 3 aromatic heterocycles. The second kappa shape index (κ2) is 7.76. The Morgan fingerprint density at radius 3 is 2.96 bits per heavy atom. The average molecular weight is 368 g/mol. The number of fused-ring (bicyclic) bond motifs is 1. The van der Waals surface area contributed by atoms with E-state index in [-0.39, 0.29) is 11.9 Å². The van der Waals surface area contributed by atoms with Crippen molar-refractivity contribution in [3.63, 3.8) is 0 Å². The van der Waals surface area contributed by atoms with Gasteiger partial charge in [-0.25, -0.2) is 4.98 Å². The zero-order chi connectivity index (χ0) is 17.8. The molecule has 0 saturated carbocycles. The first-order chi connectivity index (χ1) is 12.8. The lowest BCUT2D eigenvalue weighted by Crippen LogP contribution is -2.39. The molecule has 1 N–H and O–H groups in total. The van der Waals surface area contributed by atoms with Gasteiger partial charge in [-0.3, -0.25) is 19.4 Å². The van der Waals surface area contributed by atoms with E-state index in [2.05, 4.69) is 48.2 Å². The van der Waals surface area contributed by atoms with Crippen LogP contribution >= 0.6 is 11.3 Å². The lowest BCUT2D eigenvalue weighted by molar-refractivity contribution is 0.0942. The van der Waals surface area contributed by atoms with E-state index in [1.54, 1.807) is 10.9 Å². The van der Waals surface area contributed by atoms with Crippen LogP contribution in [0.15, 0.2) is 47.7 Å². The standard InChI is InChI=1S/C18H20N6OS/c25-18(17-12-26-13-21-17)20-7-3-15-10-23(9-14-1-5-19-6-2-14)11-16-4-8-22-24(15)16/h1-2,4-6,8,12-13,15H,3,7,9-11H2,(H,20,25). The van der Waals surface area contributed by atoms with Crippen molar-refractivity contribution in [2.75, 3.05) is 13.1 Å². The SMILES string of the molecule is O=C(NCCC1CN(Cc2ccncc2)Cc2ccnn21)c1cscn1. The number of pyridine rings is 1. The summed E-state index contributed by atoms with van der Waals surface area (Å²) < 4.78 is 2.10. The quantitative estimate of drug-likeness (QED) is 0.721. The molecule has 0 fully saturated rings. The summed E-state index contributed by atoms with van der Waals surface area (Å²) in [6.45, 7) is 3.27. The molecule has 3 aromatic rings. The third-order valence-electron chi connectivity index (χ3n) is 4.54. The first-order valence-electron chi connectivity index (χ1n) is 8.59. The number of thiazole rings is 1. The zero-order valence-corrected chi connectivity index (χ0v) is 15.1. The summed E-state index contributed by atoms with van der Waals surface area (Å²) in [6.07, 6.45) is 6.34. The Balaban J connectivity index is 1.38. The average Bonchev–Trinajstić information content (AvgIpc) is 3.34. The van der Waals surface area contributed by atoms with Crippen molar-refractivity contribution in [3.8, 4) is 0 Å². The molecule has 0 bridgehead atoms. The highest BCUT2D eigenvalue weighted by molar-refractivity contribution is 7.07. The maximum absolute atomic E-state index is 12.0. The Bertz CT molecular complexity index is 848. The number of nitrogens with zero attached hydrogens (tertiary/aromatic N) is 5. The molecule has 1 unspecified atom stereocenters. The minimum Gasteiger partial charge on any atom is -0.351 e. The Labute approximate surface area is 155 Å². The zero-order valence-electron chi connectivity index (χ0n) is 14.3. The Morgan fingerprint density at radius 1 is 1.27 bits per heavy atom. The number of aromatic nitrogens is 4. The van der Waals surface area contributed by atoms with Gasteiger partial charge in [0, 0.05) is 50.1 Å². The largest absolute Gasteiger partial charge is 0.351 e. The van der Waals surface area contributed by atoms with Crippen molar-refractivity contribution in [1.29, 1.82) is 0 Å². The number of carbonyl (C=O) groups is 1. The molecule has 134 valence electrons. The predicted molar refractivity (Wildman–Crippen MR) is 98.7 cm³/mol. The number of nitrogens with one attached hydrogen (secondary N) is 1. The first kappa shape index (κ1) is 16.9. The predicted octanol–water partition coefficient (Wildman–Crippen LogP) is 2.11. The lowest BCUT2D eigenvalue weighted by atomic mass is 10.1. The summed E-state index contributed by atoms with van der Waals surface area (Å²) in [5.74, 6) is -0.114. The Hall–Kier alpha value is -2.58. The molecule has 8 heteroatoms. The van der Waals surface area contributed by atoms with Gasteiger partial charge in [-0.15, -0.1) is 11.3 Å². The smallest absolute Gasteiger partial charge is 0.270 e. The van der Waals surface area contributed by atoms with Gasteiger partial charge < -0.3 is 5.32 Å². The second-order valence-electron chi connectivity index (χ2n) is 6.36. The Morgan fingerprint density at radius 2 is 2.15 bits per heavy atom. The highest BCUT2D eigenvalue weighted by Crippen LogP contribution is 2.24. The fraction of sp³-hybridized carbons (Fsp3) is 0.333. The van der Waals surface area contributed by atoms with Crippen LogP contribution in [-0.4, -0.2) is 43.6 Å². The topological polar surface area (TPSA) is 75.9 Å². The molecule has 1 aliphatic heterocycles. The van der Waals surface area contributed by atoms with Crippen molar-refractivity contribution in [2.45, 2.75) is 25.6 Å². The van der Waals surface area contributed by atoms with Gasteiger partial charge in [0.1, 0.15) is 5.69 Å². The van der Waals surface area contributed by atoms with Gasteiger partial charge in [0.15, 0.2) is 0 Å². The summed E-state index contributed by atoms with van der Waals surface area (Å²) in [7, 11) is 0. The van der Waals surface area contributed by atoms with Crippen LogP contribution in [0.2, 0.25) is 0 Å². The summed E-state index contributed by atoms with van der Waals surface area (Å²) >= 11 is 1.43. The van der Waals surface area contributed by atoms with E-state index in [9.17, 15) is 4.79 Å². The molecular weight excluding hydrogens is 348 g/mol. The first-order valence-corrected chi connectivity index (χ1v) is 9.54. The van der Waals surface area contributed by atoms with E-state index < -0.39 is 0 Å². The number of hydrogen-bond donors (Lipinski definition) is 1. The molecule has 0 spiro atoms. The highest BCUT2D eigenvalue weighted by atomic mass is 32.1. The monoisotopic (exact) mass is 368 g/mol. The van der Waals surface area contributed by atoms with Crippen molar-refractivity contribution < 1.29 is 4.79 Å². The van der Waals surface area contributed by atoms with Crippen LogP contribution in [0.25, 0.3) is 0 Å². The fourth-order valence-corrected chi connectivity index (χ4v) is 3.84. The minimum atomic E-state index is -0.114. The van der Waals surface area contributed by atoms with Gasteiger partial charge in [-0.2, -0.15) is 5.10 Å². The summed E-state index contributed by atoms with van der Waals surface area (Å²) in [5, 5.41) is 9.20. The van der Waals surface area contributed by atoms with E-state index in [0.717, 1.165) is 26.1 Å². The number of carbonyl (C=O) groups excluding carboxylic acids is 1. The summed E-state index contributed by atoms with van der Waals surface area (Å²) in [5.41, 5.74) is 4.62. The van der Waals surface area contributed by atoms with Gasteiger partial charge in [0.2, 0.25) is 0 Å². The van der Waals surface area contributed by atoms with Crippen LogP contribution in [0.5, 0.6) is 0 Å². The maximum Gasteiger partial charge on any atom is 0.270 e. The number of rotatable bonds is 6. The normalized spacial score (nSPS) is 17.0. The van der Waals surface area contributed by atoms with Crippen LogP contribution < -0.4 is 5.32 Å². The molecule has 1 aliphatic rings. The highest BCUT2D eigenvalue weighted by Gasteiger charge is 2.25. The van der Waals surface area contributed by atoms with Crippen molar-refractivity contribution in [3.05, 3.63) is 64.6 Å². The second-order valence-corrected chi connectivity index (χ2v) is 7.08. The molecule has 0 aliphatic carbocycles. The van der Waals surface area contributed by atoms with E-state index in [4.69, 9.17) is 0 Å². The fourth-order valence-electron chi connectivity index (χ4n) is 3.31. The maximum atomic E-state index is 12.0. The Kier molecular flexibility index (Phi) is 5.03. The van der Waals surface area contributed by atoms with Gasteiger partial charge in [-0.1, -0.05) is 0 Å². The van der Waals surface area contributed by atoms with Crippen molar-refractivity contribution in [1.82, 2.24) is 30.0 Å². The molecule has 1 atom stereocenters. The van der Waals surface area contributed by atoms with E-state index in [1.165, 1.54) is 22.6 Å². The molecule has 7 nitrogen and oxygen atoms in total. The third-order valence-corrected chi connectivity index (χ3v) is 5.12. The van der Waals surface area contributed by atoms with E-state index >= 15 is 0 Å². The van der Waals surface area contributed by atoms with E-state index in [1.807, 2.05) is 18.6 Å². The molecule has 0 saturated heterocycles. The molecular formula is C18H20N6OS. The van der Waals surface area contributed by atoms with Crippen LogP contribution in [0.3, 0.4) is 0 Å². The molecule has 0 aromatic carbocycles.